The first-order valence-corrected chi connectivity index (χ1v) is 7.01. The highest BCUT2D eigenvalue weighted by Gasteiger charge is 2.26. The van der Waals surface area contributed by atoms with Gasteiger partial charge < -0.3 is 10.1 Å². The fourth-order valence-electron chi connectivity index (χ4n) is 2.44. The van der Waals surface area contributed by atoms with Gasteiger partial charge in [-0.15, -0.1) is 0 Å². The second-order valence-corrected chi connectivity index (χ2v) is 4.62. The molecule has 0 saturated heterocycles. The molecule has 0 aliphatic rings. The minimum atomic E-state index is 0.376. The molecule has 2 atom stereocenters. The highest BCUT2D eigenvalue weighted by Crippen LogP contribution is 2.20. The third-order valence-corrected chi connectivity index (χ3v) is 3.46. The van der Waals surface area contributed by atoms with Crippen LogP contribution in [0.3, 0.4) is 0 Å². The molecule has 0 amide bonds. The van der Waals surface area contributed by atoms with E-state index >= 15 is 0 Å². The number of ether oxygens (including phenoxy) is 1. The van der Waals surface area contributed by atoms with Crippen molar-refractivity contribution in [1.29, 1.82) is 0 Å². The standard InChI is InChI=1S/C14H31NO/c1-6-10-13(16-5)14(15-11-7-2)12(8-3)9-4/h12-15H,6-11H2,1-5H3. The Hall–Kier alpha value is -0.0800. The lowest BCUT2D eigenvalue weighted by Gasteiger charge is -2.33. The summed E-state index contributed by atoms with van der Waals surface area (Å²) in [4.78, 5) is 0. The van der Waals surface area contributed by atoms with Gasteiger partial charge in [0.2, 0.25) is 0 Å². The molecule has 0 radical (unpaired) electrons. The second kappa shape index (κ2) is 10.1. The normalized spacial score (nSPS) is 15.4. The maximum Gasteiger partial charge on any atom is 0.0726 e. The van der Waals surface area contributed by atoms with Crippen molar-refractivity contribution in [2.75, 3.05) is 13.7 Å². The fourth-order valence-corrected chi connectivity index (χ4v) is 2.44. The van der Waals surface area contributed by atoms with E-state index in [1.165, 1.54) is 25.7 Å². The summed E-state index contributed by atoms with van der Waals surface area (Å²) >= 11 is 0. The van der Waals surface area contributed by atoms with E-state index in [0.29, 0.717) is 12.1 Å². The predicted octanol–water partition coefficient (Wildman–Crippen LogP) is 3.61. The van der Waals surface area contributed by atoms with Gasteiger partial charge in [0, 0.05) is 13.2 Å². The van der Waals surface area contributed by atoms with E-state index in [-0.39, 0.29) is 0 Å². The minimum Gasteiger partial charge on any atom is -0.380 e. The second-order valence-electron chi connectivity index (χ2n) is 4.62. The molecule has 98 valence electrons. The highest BCUT2D eigenvalue weighted by molar-refractivity contribution is 4.82. The lowest BCUT2D eigenvalue weighted by Crippen LogP contribution is -2.46. The van der Waals surface area contributed by atoms with E-state index in [4.69, 9.17) is 4.74 Å². The van der Waals surface area contributed by atoms with Gasteiger partial charge in [-0.1, -0.05) is 47.0 Å². The van der Waals surface area contributed by atoms with E-state index in [2.05, 4.69) is 33.0 Å². The van der Waals surface area contributed by atoms with Gasteiger partial charge >= 0.3 is 0 Å². The van der Waals surface area contributed by atoms with Crippen molar-refractivity contribution in [3.63, 3.8) is 0 Å². The van der Waals surface area contributed by atoms with Crippen LogP contribution in [-0.4, -0.2) is 25.8 Å². The zero-order chi connectivity index (χ0) is 12.4. The van der Waals surface area contributed by atoms with Gasteiger partial charge in [-0.3, -0.25) is 0 Å². The van der Waals surface area contributed by atoms with Crippen LogP contribution in [-0.2, 0) is 4.74 Å². The molecule has 0 saturated carbocycles. The molecule has 0 aromatic heterocycles. The van der Waals surface area contributed by atoms with Crippen LogP contribution in [0, 0.1) is 5.92 Å². The summed E-state index contributed by atoms with van der Waals surface area (Å²) in [5.41, 5.74) is 0. The summed E-state index contributed by atoms with van der Waals surface area (Å²) in [5, 5.41) is 3.68. The van der Waals surface area contributed by atoms with Gasteiger partial charge in [0.25, 0.3) is 0 Å². The first kappa shape index (κ1) is 15.9. The van der Waals surface area contributed by atoms with E-state index in [9.17, 15) is 0 Å². The summed E-state index contributed by atoms with van der Waals surface area (Å²) in [7, 11) is 1.85. The molecular weight excluding hydrogens is 198 g/mol. The third-order valence-electron chi connectivity index (χ3n) is 3.46. The first-order chi connectivity index (χ1) is 7.74. The van der Waals surface area contributed by atoms with Crippen LogP contribution in [0.2, 0.25) is 0 Å². The Kier molecular flexibility index (Phi) is 10.0. The third kappa shape index (κ3) is 5.31. The lowest BCUT2D eigenvalue weighted by molar-refractivity contribution is 0.0387. The van der Waals surface area contributed by atoms with Crippen LogP contribution in [0.15, 0.2) is 0 Å². The molecule has 0 rings (SSSR count). The van der Waals surface area contributed by atoms with Crippen LogP contribution in [0.4, 0.5) is 0 Å². The monoisotopic (exact) mass is 229 g/mol. The minimum absolute atomic E-state index is 0.376. The zero-order valence-electron chi connectivity index (χ0n) is 11.9. The SMILES string of the molecule is CCCNC(C(CC)CC)C(CCC)OC. The molecule has 0 fully saturated rings. The Labute approximate surface area is 102 Å². The van der Waals surface area contributed by atoms with Crippen molar-refractivity contribution < 1.29 is 4.74 Å². The molecule has 2 nitrogen and oxygen atoms in total. The van der Waals surface area contributed by atoms with Gasteiger partial charge in [-0.25, -0.2) is 0 Å². The van der Waals surface area contributed by atoms with E-state index in [1.807, 2.05) is 7.11 Å². The average molecular weight is 229 g/mol. The lowest BCUT2D eigenvalue weighted by atomic mass is 9.88. The number of nitrogens with one attached hydrogen (secondary N) is 1. The number of rotatable bonds is 10. The number of methoxy groups -OCH3 is 1. The smallest absolute Gasteiger partial charge is 0.0726 e. The molecule has 1 N–H and O–H groups in total. The Balaban J connectivity index is 4.46. The molecular formula is C14H31NO. The summed E-state index contributed by atoms with van der Waals surface area (Å²) in [5.74, 6) is 0.739. The number of hydrogen-bond acceptors (Lipinski definition) is 2. The van der Waals surface area contributed by atoms with E-state index in [0.717, 1.165) is 18.9 Å². The Bertz CT molecular complexity index is 146. The van der Waals surface area contributed by atoms with Crippen LogP contribution in [0.1, 0.15) is 59.8 Å². The molecule has 2 unspecified atom stereocenters. The Morgan fingerprint density at radius 1 is 1.00 bits per heavy atom. The van der Waals surface area contributed by atoms with Gasteiger partial charge in [0.1, 0.15) is 0 Å². The number of hydrogen-bond donors (Lipinski definition) is 1. The Morgan fingerprint density at radius 3 is 2.00 bits per heavy atom. The molecule has 0 aliphatic heterocycles. The summed E-state index contributed by atoms with van der Waals surface area (Å²) in [6, 6.07) is 0.528. The van der Waals surface area contributed by atoms with Crippen LogP contribution >= 0.6 is 0 Å². The topological polar surface area (TPSA) is 21.3 Å². The largest absolute Gasteiger partial charge is 0.380 e. The van der Waals surface area contributed by atoms with Crippen LogP contribution in [0.5, 0.6) is 0 Å². The van der Waals surface area contributed by atoms with E-state index in [1.54, 1.807) is 0 Å². The molecule has 2 heteroatoms. The quantitative estimate of drug-likeness (QED) is 0.618. The van der Waals surface area contributed by atoms with Crippen molar-refractivity contribution in [1.82, 2.24) is 5.32 Å². The Morgan fingerprint density at radius 2 is 1.62 bits per heavy atom. The van der Waals surface area contributed by atoms with Crippen molar-refractivity contribution in [2.45, 2.75) is 71.9 Å². The molecule has 0 spiro atoms. The predicted molar refractivity (Wildman–Crippen MR) is 71.9 cm³/mol. The van der Waals surface area contributed by atoms with Gasteiger partial charge in [-0.2, -0.15) is 0 Å². The maximum atomic E-state index is 5.67. The van der Waals surface area contributed by atoms with Gasteiger partial charge in [0.15, 0.2) is 0 Å². The van der Waals surface area contributed by atoms with E-state index < -0.39 is 0 Å². The molecule has 0 aromatic carbocycles. The summed E-state index contributed by atoms with van der Waals surface area (Å²) in [6.45, 7) is 10.1. The molecule has 0 heterocycles. The van der Waals surface area contributed by atoms with Gasteiger partial charge in [-0.05, 0) is 25.3 Å². The van der Waals surface area contributed by atoms with Gasteiger partial charge in [0.05, 0.1) is 6.10 Å². The maximum absolute atomic E-state index is 5.67. The molecule has 0 aromatic rings. The van der Waals surface area contributed by atoms with Crippen molar-refractivity contribution >= 4 is 0 Å². The molecule has 0 aliphatic carbocycles. The molecule has 0 bridgehead atoms. The van der Waals surface area contributed by atoms with Crippen molar-refractivity contribution in [2.24, 2.45) is 5.92 Å². The fraction of sp³-hybridized carbons (Fsp3) is 1.00. The first-order valence-electron chi connectivity index (χ1n) is 7.01. The zero-order valence-corrected chi connectivity index (χ0v) is 11.9. The average Bonchev–Trinajstić information content (AvgIpc) is 2.32. The van der Waals surface area contributed by atoms with Crippen molar-refractivity contribution in [3.8, 4) is 0 Å². The molecule has 16 heavy (non-hydrogen) atoms. The summed E-state index contributed by atoms with van der Waals surface area (Å²) in [6.07, 6.45) is 6.40. The van der Waals surface area contributed by atoms with Crippen LogP contribution < -0.4 is 5.32 Å². The highest BCUT2D eigenvalue weighted by atomic mass is 16.5. The van der Waals surface area contributed by atoms with Crippen molar-refractivity contribution in [3.05, 3.63) is 0 Å². The van der Waals surface area contributed by atoms with Crippen LogP contribution in [0.25, 0.3) is 0 Å². The summed E-state index contributed by atoms with van der Waals surface area (Å²) < 4.78 is 5.67.